The molecule has 0 aliphatic carbocycles. The summed E-state index contributed by atoms with van der Waals surface area (Å²) in [7, 11) is 0. The van der Waals surface area contributed by atoms with Crippen molar-refractivity contribution in [3.05, 3.63) is 23.5 Å². The molecule has 0 amide bonds. The topological polar surface area (TPSA) is 70.2 Å². The third-order valence-corrected chi connectivity index (χ3v) is 3.84. The van der Waals surface area contributed by atoms with E-state index in [4.69, 9.17) is 13.9 Å². The lowest BCUT2D eigenvalue weighted by atomic mass is 10.1. The second-order valence-corrected chi connectivity index (χ2v) is 6.10. The van der Waals surface area contributed by atoms with Crippen molar-refractivity contribution in [2.45, 2.75) is 38.9 Å². The molecule has 2 saturated heterocycles. The van der Waals surface area contributed by atoms with Crippen molar-refractivity contribution in [2.24, 2.45) is 0 Å². The number of rotatable bonds is 2. The van der Waals surface area contributed by atoms with Gasteiger partial charge in [0.05, 0.1) is 13.1 Å². The van der Waals surface area contributed by atoms with Gasteiger partial charge in [-0.15, -0.1) is 0 Å². The summed E-state index contributed by atoms with van der Waals surface area (Å²) in [6.45, 7) is 5.12. The van der Waals surface area contributed by atoms with Crippen LogP contribution < -0.4 is 4.90 Å². The molecule has 0 saturated carbocycles. The second-order valence-electron chi connectivity index (χ2n) is 6.10. The van der Waals surface area contributed by atoms with Gasteiger partial charge in [-0.2, -0.15) is 0 Å². The van der Waals surface area contributed by atoms with E-state index in [2.05, 4.69) is 0 Å². The maximum Gasteiger partial charge on any atom is 0.348 e. The lowest BCUT2D eigenvalue weighted by Crippen LogP contribution is -3.08. The number of quaternary nitrogens is 1. The van der Waals surface area contributed by atoms with E-state index in [-0.39, 0.29) is 5.57 Å². The predicted molar refractivity (Wildman–Crippen MR) is 77.2 cm³/mol. The minimum Gasteiger partial charge on any atom is -0.419 e. The molecule has 1 aromatic rings. The van der Waals surface area contributed by atoms with Gasteiger partial charge in [-0.25, -0.2) is 9.59 Å². The summed E-state index contributed by atoms with van der Waals surface area (Å²) in [6, 6.07) is 3.64. The van der Waals surface area contributed by atoms with Crippen LogP contribution in [0.15, 0.2) is 22.1 Å². The zero-order valence-corrected chi connectivity index (χ0v) is 12.8. The van der Waals surface area contributed by atoms with E-state index >= 15 is 0 Å². The molecule has 0 unspecified atom stereocenters. The van der Waals surface area contributed by atoms with Crippen LogP contribution in [0.5, 0.6) is 0 Å². The Morgan fingerprint density at radius 3 is 2.32 bits per heavy atom. The number of piperidine rings is 1. The van der Waals surface area contributed by atoms with E-state index in [0.29, 0.717) is 5.76 Å². The third-order valence-electron chi connectivity index (χ3n) is 3.84. The fourth-order valence-electron chi connectivity index (χ4n) is 2.77. The second kappa shape index (κ2) is 5.61. The van der Waals surface area contributed by atoms with Gasteiger partial charge in [-0.1, -0.05) is 0 Å². The molecule has 0 spiro atoms. The van der Waals surface area contributed by atoms with Gasteiger partial charge in [0, 0.05) is 26.0 Å². The quantitative estimate of drug-likeness (QED) is 0.505. The summed E-state index contributed by atoms with van der Waals surface area (Å²) in [5.41, 5.74) is -0.145. The molecule has 2 fully saturated rings. The monoisotopic (exact) mass is 306 g/mol. The molecule has 1 aromatic heterocycles. The minimum atomic E-state index is -1.22. The van der Waals surface area contributed by atoms with Crippen molar-refractivity contribution in [3.8, 4) is 0 Å². The van der Waals surface area contributed by atoms with Gasteiger partial charge in [-0.3, -0.25) is 4.90 Å². The van der Waals surface area contributed by atoms with E-state index in [1.165, 1.54) is 44.1 Å². The Kier molecular flexibility index (Phi) is 3.78. The Bertz CT molecular complexity index is 600. The van der Waals surface area contributed by atoms with Crippen LogP contribution in [-0.2, 0) is 19.1 Å². The number of cyclic esters (lactones) is 2. The lowest BCUT2D eigenvalue weighted by molar-refractivity contribution is -0.846. The van der Waals surface area contributed by atoms with Crippen LogP contribution in [0.1, 0.15) is 38.9 Å². The van der Waals surface area contributed by atoms with Crippen LogP contribution in [0.2, 0.25) is 0 Å². The Labute approximate surface area is 128 Å². The summed E-state index contributed by atoms with van der Waals surface area (Å²) in [5, 5.41) is 0. The van der Waals surface area contributed by atoms with E-state index in [0.717, 1.165) is 19.0 Å². The highest BCUT2D eigenvalue weighted by atomic mass is 16.7. The van der Waals surface area contributed by atoms with Gasteiger partial charge < -0.3 is 13.9 Å². The molecule has 0 aromatic carbocycles. The number of esters is 2. The first-order valence-corrected chi connectivity index (χ1v) is 7.58. The van der Waals surface area contributed by atoms with Gasteiger partial charge in [0.25, 0.3) is 11.7 Å². The summed E-state index contributed by atoms with van der Waals surface area (Å²) < 4.78 is 15.9. The Balaban J connectivity index is 1.79. The van der Waals surface area contributed by atoms with Crippen LogP contribution in [-0.4, -0.2) is 30.8 Å². The van der Waals surface area contributed by atoms with Gasteiger partial charge >= 0.3 is 11.9 Å². The molecule has 22 heavy (non-hydrogen) atoms. The number of hydrogen-bond acceptors (Lipinski definition) is 5. The first-order chi connectivity index (χ1) is 10.4. The largest absolute Gasteiger partial charge is 0.419 e. The molecular formula is C16H20NO5+. The SMILES string of the molecule is CC1(C)OC(=O)C(=Cc2ccc([NH+]3CCCCC3)o2)C(=O)O1. The molecule has 2 aliphatic heterocycles. The van der Waals surface area contributed by atoms with Gasteiger partial charge in [-0.05, 0) is 25.3 Å². The highest BCUT2D eigenvalue weighted by Crippen LogP contribution is 2.24. The summed E-state index contributed by atoms with van der Waals surface area (Å²) >= 11 is 0. The van der Waals surface area contributed by atoms with Gasteiger partial charge in [0.1, 0.15) is 11.3 Å². The lowest BCUT2D eigenvalue weighted by Gasteiger charge is -2.29. The first-order valence-electron chi connectivity index (χ1n) is 7.58. The van der Waals surface area contributed by atoms with Crippen LogP contribution in [0, 0.1) is 0 Å². The average Bonchev–Trinajstić information content (AvgIpc) is 2.91. The van der Waals surface area contributed by atoms with Crippen molar-refractivity contribution >= 4 is 23.9 Å². The Hall–Kier alpha value is -2.08. The number of hydrogen-bond donors (Lipinski definition) is 1. The van der Waals surface area contributed by atoms with Crippen LogP contribution in [0.25, 0.3) is 6.08 Å². The fourth-order valence-corrected chi connectivity index (χ4v) is 2.77. The maximum atomic E-state index is 11.9. The zero-order valence-electron chi connectivity index (χ0n) is 12.8. The number of furan rings is 1. The minimum absolute atomic E-state index is 0.145. The summed E-state index contributed by atoms with van der Waals surface area (Å²) in [4.78, 5) is 25.1. The third kappa shape index (κ3) is 3.06. The number of carbonyl (C=O) groups is 2. The van der Waals surface area contributed by atoms with E-state index in [9.17, 15) is 9.59 Å². The molecule has 0 bridgehead atoms. The average molecular weight is 306 g/mol. The molecule has 118 valence electrons. The van der Waals surface area contributed by atoms with Crippen LogP contribution in [0.3, 0.4) is 0 Å². The Morgan fingerprint density at radius 1 is 1.05 bits per heavy atom. The number of nitrogens with one attached hydrogen (secondary N) is 1. The Morgan fingerprint density at radius 2 is 1.68 bits per heavy atom. The summed E-state index contributed by atoms with van der Waals surface area (Å²) in [5.74, 6) is -1.31. The number of carbonyl (C=O) groups excluding carboxylic acids is 2. The van der Waals surface area contributed by atoms with Crippen molar-refractivity contribution in [3.63, 3.8) is 0 Å². The molecule has 3 heterocycles. The van der Waals surface area contributed by atoms with E-state index in [1.807, 2.05) is 6.07 Å². The molecule has 1 N–H and O–H groups in total. The highest BCUT2D eigenvalue weighted by Gasteiger charge is 2.39. The summed E-state index contributed by atoms with van der Waals surface area (Å²) in [6.07, 6.45) is 5.00. The smallest absolute Gasteiger partial charge is 0.348 e. The normalized spacial score (nSPS) is 22.2. The van der Waals surface area contributed by atoms with Crippen LogP contribution >= 0.6 is 0 Å². The highest BCUT2D eigenvalue weighted by molar-refractivity contribution is 6.18. The molecule has 3 rings (SSSR count). The van der Waals surface area contributed by atoms with Crippen molar-refractivity contribution in [1.29, 1.82) is 0 Å². The number of ether oxygens (including phenoxy) is 2. The van der Waals surface area contributed by atoms with Crippen molar-refractivity contribution in [1.82, 2.24) is 0 Å². The first kappa shape index (κ1) is 14.8. The zero-order chi connectivity index (χ0) is 15.7. The van der Waals surface area contributed by atoms with Gasteiger partial charge in [0.2, 0.25) is 0 Å². The molecule has 2 aliphatic rings. The van der Waals surface area contributed by atoms with Crippen LogP contribution in [0.4, 0.5) is 5.88 Å². The maximum absolute atomic E-state index is 11.9. The van der Waals surface area contributed by atoms with E-state index in [1.54, 1.807) is 6.07 Å². The molecular weight excluding hydrogens is 286 g/mol. The van der Waals surface area contributed by atoms with Gasteiger partial charge in [0.15, 0.2) is 0 Å². The van der Waals surface area contributed by atoms with Crippen molar-refractivity contribution in [2.75, 3.05) is 13.1 Å². The van der Waals surface area contributed by atoms with E-state index < -0.39 is 17.7 Å². The fraction of sp³-hybridized carbons (Fsp3) is 0.500. The standard InChI is InChI=1S/C16H19NO5/c1-16(2)21-14(18)12(15(19)22-16)10-11-6-7-13(20-11)17-8-4-3-5-9-17/h6-7,10H,3-5,8-9H2,1-2H3/p+1. The predicted octanol–water partition coefficient (Wildman–Crippen LogP) is 1.20. The van der Waals surface area contributed by atoms with Crippen molar-refractivity contribution < 1.29 is 28.4 Å². The molecule has 6 nitrogen and oxygen atoms in total. The molecule has 6 heteroatoms. The molecule has 0 atom stereocenters. The molecule has 0 radical (unpaired) electrons.